The van der Waals surface area contributed by atoms with Crippen LogP contribution in [-0.2, 0) is 16.4 Å². The fraction of sp³-hybridized carbons (Fsp3) is 0.231. The molecule has 1 heterocycles. The van der Waals surface area contributed by atoms with Gasteiger partial charge in [0, 0.05) is 12.0 Å². The molecule has 0 spiro atoms. The number of benzene rings is 3. The normalized spacial score (nSPS) is 24.3. The van der Waals surface area contributed by atoms with Crippen LogP contribution in [0, 0.1) is 12.3 Å². The molecule has 0 aromatic heterocycles. The van der Waals surface area contributed by atoms with Gasteiger partial charge in [0.15, 0.2) is 0 Å². The fourth-order valence-electron chi connectivity index (χ4n) is 5.09. The van der Waals surface area contributed by atoms with E-state index in [1.165, 1.54) is 0 Å². The molecule has 3 aromatic carbocycles. The lowest BCUT2D eigenvalue weighted by Gasteiger charge is -2.31. The molecule has 158 valence electrons. The van der Waals surface area contributed by atoms with E-state index in [-0.39, 0.29) is 18.0 Å². The summed E-state index contributed by atoms with van der Waals surface area (Å²) in [6.45, 7) is 2.10. The van der Waals surface area contributed by atoms with Gasteiger partial charge in [0.1, 0.15) is 0 Å². The third-order valence-electron chi connectivity index (χ3n) is 6.68. The molecule has 0 radical (unpaired) electrons. The monoisotopic (exact) mass is 431 g/mol. The summed E-state index contributed by atoms with van der Waals surface area (Å²) in [7, 11) is -3.74. The van der Waals surface area contributed by atoms with Crippen LogP contribution in [0.1, 0.15) is 28.3 Å². The number of nitrogens with zero attached hydrogens (tertiary/aromatic N) is 1. The predicted molar refractivity (Wildman–Crippen MR) is 122 cm³/mol. The van der Waals surface area contributed by atoms with Crippen LogP contribution >= 0.6 is 0 Å². The Morgan fingerprint density at radius 2 is 1.68 bits per heavy atom. The van der Waals surface area contributed by atoms with Crippen molar-refractivity contribution in [2.75, 3.05) is 13.2 Å². The van der Waals surface area contributed by atoms with Gasteiger partial charge in [-0.05, 0) is 47.7 Å². The van der Waals surface area contributed by atoms with E-state index in [1.807, 2.05) is 73.7 Å². The number of aliphatic hydroxyl groups excluding tert-OH is 1. The summed E-state index contributed by atoms with van der Waals surface area (Å²) < 4.78 is 29.1. The van der Waals surface area contributed by atoms with Gasteiger partial charge >= 0.3 is 0 Å². The standard InChI is InChI=1S/C26H25NO3S/c1-19-11-13-23(14-12-19)31(29,30)27-17-22(15-20-7-3-2-4-8-20)26(18-28)16-21-9-5-6-10-24(21)25(26)27/h2-15,25,28H,16-18H2,1H3/b22-15-/t25-,26+/m0/s1. The molecule has 1 fully saturated rings. The van der Waals surface area contributed by atoms with Crippen molar-refractivity contribution in [1.82, 2.24) is 4.31 Å². The van der Waals surface area contributed by atoms with Gasteiger partial charge in [-0.1, -0.05) is 78.4 Å². The SMILES string of the molecule is Cc1ccc(S(=O)(=O)N2C/C(=C/c3ccccc3)[C@]3(CO)Cc4ccccc4[C@H]23)cc1. The summed E-state index contributed by atoms with van der Waals surface area (Å²) in [5, 5.41) is 10.7. The van der Waals surface area contributed by atoms with Gasteiger partial charge in [-0.15, -0.1) is 0 Å². The van der Waals surface area contributed by atoms with Crippen LogP contribution in [0.25, 0.3) is 6.08 Å². The van der Waals surface area contributed by atoms with E-state index in [4.69, 9.17) is 0 Å². The zero-order valence-corrected chi connectivity index (χ0v) is 18.2. The van der Waals surface area contributed by atoms with Crippen LogP contribution < -0.4 is 0 Å². The molecule has 3 aromatic rings. The number of hydrogen-bond donors (Lipinski definition) is 1. The van der Waals surface area contributed by atoms with Crippen LogP contribution in [0.5, 0.6) is 0 Å². The largest absolute Gasteiger partial charge is 0.395 e. The van der Waals surface area contributed by atoms with E-state index < -0.39 is 21.5 Å². The quantitative estimate of drug-likeness (QED) is 0.668. The topological polar surface area (TPSA) is 57.6 Å². The molecule has 1 N–H and O–H groups in total. The molecule has 5 heteroatoms. The molecule has 0 unspecified atom stereocenters. The minimum absolute atomic E-state index is 0.106. The fourth-order valence-corrected chi connectivity index (χ4v) is 6.74. The molecule has 2 atom stereocenters. The maximum atomic E-state index is 13.8. The maximum absolute atomic E-state index is 13.8. The summed E-state index contributed by atoms with van der Waals surface area (Å²) in [6.07, 6.45) is 2.68. The zero-order valence-electron chi connectivity index (χ0n) is 17.4. The highest BCUT2D eigenvalue weighted by Gasteiger charge is 2.58. The molecule has 0 bridgehead atoms. The van der Waals surface area contributed by atoms with E-state index in [2.05, 4.69) is 6.08 Å². The Bertz CT molecular complexity index is 1250. The summed E-state index contributed by atoms with van der Waals surface area (Å²) in [6, 6.07) is 24.4. The highest BCUT2D eigenvalue weighted by molar-refractivity contribution is 7.89. The number of hydrogen-bond acceptors (Lipinski definition) is 3. The highest BCUT2D eigenvalue weighted by Crippen LogP contribution is 2.59. The molecule has 1 aliphatic carbocycles. The van der Waals surface area contributed by atoms with Gasteiger partial charge in [-0.3, -0.25) is 0 Å². The van der Waals surface area contributed by atoms with Crippen molar-refractivity contribution >= 4 is 16.1 Å². The second-order valence-electron chi connectivity index (χ2n) is 8.54. The van der Waals surface area contributed by atoms with Gasteiger partial charge in [0.05, 0.1) is 17.5 Å². The lowest BCUT2D eigenvalue weighted by molar-refractivity contribution is 0.133. The van der Waals surface area contributed by atoms with Crippen molar-refractivity contribution in [2.24, 2.45) is 5.41 Å². The van der Waals surface area contributed by atoms with Crippen molar-refractivity contribution in [3.8, 4) is 0 Å². The predicted octanol–water partition coefficient (Wildman–Crippen LogP) is 4.36. The van der Waals surface area contributed by atoms with Crippen molar-refractivity contribution in [1.29, 1.82) is 0 Å². The van der Waals surface area contributed by atoms with Gasteiger partial charge in [-0.25, -0.2) is 8.42 Å². The molecule has 5 rings (SSSR count). The number of fused-ring (bicyclic) bond motifs is 3. The summed E-state index contributed by atoms with van der Waals surface area (Å²) in [5.41, 5.74) is 4.42. The van der Waals surface area contributed by atoms with Crippen molar-refractivity contribution in [3.05, 3.63) is 107 Å². The van der Waals surface area contributed by atoms with Crippen molar-refractivity contribution in [2.45, 2.75) is 24.3 Å². The van der Waals surface area contributed by atoms with Gasteiger partial charge < -0.3 is 5.11 Å². The molecule has 2 aliphatic rings. The number of aryl methyl sites for hydroxylation is 1. The van der Waals surface area contributed by atoms with E-state index in [0.717, 1.165) is 27.8 Å². The summed E-state index contributed by atoms with van der Waals surface area (Å²) >= 11 is 0. The lowest BCUT2D eigenvalue weighted by Crippen LogP contribution is -2.35. The Kier molecular flexibility index (Phi) is 4.85. The number of sulfonamides is 1. The Morgan fingerprint density at radius 3 is 2.39 bits per heavy atom. The van der Waals surface area contributed by atoms with E-state index in [0.29, 0.717) is 6.42 Å². The summed E-state index contributed by atoms with van der Waals surface area (Å²) in [4.78, 5) is 0.287. The van der Waals surface area contributed by atoms with Crippen molar-refractivity contribution < 1.29 is 13.5 Å². The van der Waals surface area contributed by atoms with Gasteiger partial charge in [0.25, 0.3) is 0 Å². The lowest BCUT2D eigenvalue weighted by atomic mass is 9.77. The Labute approximate surface area is 183 Å². The molecule has 0 saturated carbocycles. The van der Waals surface area contributed by atoms with Crippen LogP contribution in [-0.4, -0.2) is 31.0 Å². The third kappa shape index (κ3) is 3.16. The minimum Gasteiger partial charge on any atom is -0.395 e. The molecular weight excluding hydrogens is 406 g/mol. The maximum Gasteiger partial charge on any atom is 0.243 e. The van der Waals surface area contributed by atoms with Gasteiger partial charge in [-0.2, -0.15) is 4.31 Å². The van der Waals surface area contributed by atoms with Gasteiger partial charge in [0.2, 0.25) is 10.0 Å². The molecule has 1 aliphatic heterocycles. The van der Waals surface area contributed by atoms with E-state index in [1.54, 1.807) is 16.4 Å². The van der Waals surface area contributed by atoms with E-state index in [9.17, 15) is 13.5 Å². The minimum atomic E-state index is -3.74. The van der Waals surface area contributed by atoms with Crippen LogP contribution in [0.4, 0.5) is 0 Å². The van der Waals surface area contributed by atoms with Crippen LogP contribution in [0.15, 0.2) is 89.3 Å². The average Bonchev–Trinajstić information content (AvgIpc) is 3.28. The van der Waals surface area contributed by atoms with Crippen LogP contribution in [0.2, 0.25) is 0 Å². The molecule has 0 amide bonds. The second-order valence-corrected chi connectivity index (χ2v) is 10.4. The van der Waals surface area contributed by atoms with Crippen LogP contribution in [0.3, 0.4) is 0 Å². The molecule has 31 heavy (non-hydrogen) atoms. The zero-order chi connectivity index (χ0) is 21.6. The van der Waals surface area contributed by atoms with E-state index >= 15 is 0 Å². The summed E-state index contributed by atoms with van der Waals surface area (Å²) in [5.74, 6) is 0. The first-order valence-corrected chi connectivity index (χ1v) is 11.9. The second kappa shape index (κ2) is 7.45. The first-order chi connectivity index (χ1) is 15.0. The number of rotatable bonds is 4. The average molecular weight is 432 g/mol. The smallest absolute Gasteiger partial charge is 0.243 e. The Balaban J connectivity index is 1.69. The Morgan fingerprint density at radius 1 is 1.00 bits per heavy atom. The molecule has 1 saturated heterocycles. The Hall–Kier alpha value is -2.73. The molecule has 4 nitrogen and oxygen atoms in total. The first kappa shape index (κ1) is 20.2. The third-order valence-corrected chi connectivity index (χ3v) is 8.51. The van der Waals surface area contributed by atoms with Crippen molar-refractivity contribution in [3.63, 3.8) is 0 Å². The number of aliphatic hydroxyl groups is 1. The molecular formula is C26H25NO3S. The highest BCUT2D eigenvalue weighted by atomic mass is 32.2. The first-order valence-electron chi connectivity index (χ1n) is 10.5.